The van der Waals surface area contributed by atoms with E-state index in [1.54, 1.807) is 0 Å². The molecule has 2 rings (SSSR count). The van der Waals surface area contributed by atoms with Crippen LogP contribution in [-0.2, 0) is 4.79 Å². The van der Waals surface area contributed by atoms with E-state index in [-0.39, 0.29) is 17.9 Å². The molecule has 0 aromatic heterocycles. The Morgan fingerprint density at radius 2 is 2.21 bits per heavy atom. The summed E-state index contributed by atoms with van der Waals surface area (Å²) in [6.07, 6.45) is 3.00. The van der Waals surface area contributed by atoms with Gasteiger partial charge in [-0.3, -0.25) is 4.79 Å². The molecule has 0 aliphatic carbocycles. The maximum Gasteiger partial charge on any atom is 0.224 e. The molecule has 0 saturated carbocycles. The summed E-state index contributed by atoms with van der Waals surface area (Å²) in [6.45, 7) is 3.95. The first-order valence-corrected chi connectivity index (χ1v) is 7.76. The number of benzene rings is 1. The van der Waals surface area contributed by atoms with Gasteiger partial charge in [-0.2, -0.15) is 0 Å². The minimum atomic E-state index is 0.113. The lowest BCUT2D eigenvalue weighted by atomic mass is 9.97. The monoisotopic (exact) mass is 324 g/mol. The Kier molecular flexibility index (Phi) is 5.40. The first kappa shape index (κ1) is 14.5. The molecule has 1 amide bonds. The van der Waals surface area contributed by atoms with Crippen molar-refractivity contribution in [3.05, 3.63) is 34.3 Å². The van der Waals surface area contributed by atoms with E-state index in [2.05, 4.69) is 45.6 Å². The standard InChI is InChI=1S/C15H21BrN2O/c1-2-14(11-5-7-13(16)8-6-11)18-15(19)12-4-3-9-17-10-12/h5-8,12,14,17H,2-4,9-10H2,1H3,(H,18,19)/t12-,14?/m1/s1. The fourth-order valence-electron chi connectivity index (χ4n) is 2.48. The van der Waals surface area contributed by atoms with Gasteiger partial charge in [0.25, 0.3) is 0 Å². The molecule has 104 valence electrons. The molecule has 1 unspecified atom stereocenters. The van der Waals surface area contributed by atoms with Crippen molar-refractivity contribution >= 4 is 21.8 Å². The minimum Gasteiger partial charge on any atom is -0.349 e. The zero-order chi connectivity index (χ0) is 13.7. The van der Waals surface area contributed by atoms with Crippen molar-refractivity contribution in [2.45, 2.75) is 32.2 Å². The van der Waals surface area contributed by atoms with Crippen molar-refractivity contribution < 1.29 is 4.79 Å². The Morgan fingerprint density at radius 3 is 2.79 bits per heavy atom. The molecule has 1 aliphatic heterocycles. The van der Waals surface area contributed by atoms with Gasteiger partial charge in [-0.15, -0.1) is 0 Å². The molecule has 0 radical (unpaired) electrons. The lowest BCUT2D eigenvalue weighted by Crippen LogP contribution is -2.41. The maximum atomic E-state index is 12.2. The number of nitrogens with one attached hydrogen (secondary N) is 2. The SMILES string of the molecule is CCC(NC(=O)[C@@H]1CCCNC1)c1ccc(Br)cc1. The fraction of sp³-hybridized carbons (Fsp3) is 0.533. The van der Waals surface area contributed by atoms with Gasteiger partial charge in [-0.1, -0.05) is 35.0 Å². The molecule has 2 atom stereocenters. The van der Waals surface area contributed by atoms with E-state index in [1.165, 1.54) is 5.56 Å². The quantitative estimate of drug-likeness (QED) is 0.893. The van der Waals surface area contributed by atoms with Crippen LogP contribution < -0.4 is 10.6 Å². The van der Waals surface area contributed by atoms with Crippen LogP contribution in [0.4, 0.5) is 0 Å². The molecule has 1 aromatic rings. The van der Waals surface area contributed by atoms with E-state index in [0.717, 1.165) is 36.8 Å². The molecule has 19 heavy (non-hydrogen) atoms. The fourth-order valence-corrected chi connectivity index (χ4v) is 2.75. The number of carbonyl (C=O) groups excluding carboxylic acids is 1. The van der Waals surface area contributed by atoms with E-state index in [0.29, 0.717) is 0 Å². The highest BCUT2D eigenvalue weighted by Crippen LogP contribution is 2.20. The summed E-state index contributed by atoms with van der Waals surface area (Å²) < 4.78 is 1.06. The number of carbonyl (C=O) groups is 1. The Balaban J connectivity index is 1.98. The Hall–Kier alpha value is -0.870. The van der Waals surface area contributed by atoms with Crippen molar-refractivity contribution in [2.75, 3.05) is 13.1 Å². The molecule has 1 aromatic carbocycles. The second kappa shape index (κ2) is 7.06. The van der Waals surface area contributed by atoms with Crippen LogP contribution in [0.15, 0.2) is 28.7 Å². The maximum absolute atomic E-state index is 12.2. The van der Waals surface area contributed by atoms with E-state index >= 15 is 0 Å². The third kappa shape index (κ3) is 4.05. The van der Waals surface area contributed by atoms with E-state index < -0.39 is 0 Å². The molecule has 3 nitrogen and oxygen atoms in total. The van der Waals surface area contributed by atoms with Gasteiger partial charge in [-0.25, -0.2) is 0 Å². The van der Waals surface area contributed by atoms with Crippen LogP contribution in [0.25, 0.3) is 0 Å². The molecule has 1 saturated heterocycles. The molecule has 1 heterocycles. The predicted molar refractivity (Wildman–Crippen MR) is 80.9 cm³/mol. The van der Waals surface area contributed by atoms with Crippen LogP contribution in [-0.4, -0.2) is 19.0 Å². The number of hydrogen-bond donors (Lipinski definition) is 2. The van der Waals surface area contributed by atoms with E-state index in [4.69, 9.17) is 0 Å². The predicted octanol–water partition coefficient (Wildman–Crippen LogP) is 3.02. The summed E-state index contributed by atoms with van der Waals surface area (Å²) in [6, 6.07) is 8.29. The van der Waals surface area contributed by atoms with Gasteiger partial charge < -0.3 is 10.6 Å². The number of hydrogen-bond acceptors (Lipinski definition) is 2. The van der Waals surface area contributed by atoms with Crippen molar-refractivity contribution in [2.24, 2.45) is 5.92 Å². The van der Waals surface area contributed by atoms with E-state index in [9.17, 15) is 4.79 Å². The van der Waals surface area contributed by atoms with Crippen molar-refractivity contribution in [1.82, 2.24) is 10.6 Å². The van der Waals surface area contributed by atoms with Gasteiger partial charge >= 0.3 is 0 Å². The van der Waals surface area contributed by atoms with Gasteiger partial charge in [0.05, 0.1) is 12.0 Å². The lowest BCUT2D eigenvalue weighted by molar-refractivity contribution is -0.126. The van der Waals surface area contributed by atoms with Gasteiger partial charge in [0.1, 0.15) is 0 Å². The highest BCUT2D eigenvalue weighted by molar-refractivity contribution is 9.10. The number of amides is 1. The van der Waals surface area contributed by atoms with Crippen molar-refractivity contribution in [1.29, 1.82) is 0 Å². The second-order valence-electron chi connectivity index (χ2n) is 5.06. The highest BCUT2D eigenvalue weighted by atomic mass is 79.9. The molecule has 2 N–H and O–H groups in total. The smallest absolute Gasteiger partial charge is 0.224 e. The summed E-state index contributed by atoms with van der Waals surface area (Å²) in [5, 5.41) is 6.47. The van der Waals surface area contributed by atoms with Gasteiger partial charge in [-0.05, 0) is 43.5 Å². The second-order valence-corrected chi connectivity index (χ2v) is 5.98. The largest absolute Gasteiger partial charge is 0.349 e. The van der Waals surface area contributed by atoms with Gasteiger partial charge in [0, 0.05) is 11.0 Å². The van der Waals surface area contributed by atoms with Crippen LogP contribution in [0.5, 0.6) is 0 Å². The third-order valence-corrected chi connectivity index (χ3v) is 4.19. The van der Waals surface area contributed by atoms with E-state index in [1.807, 2.05) is 12.1 Å². The lowest BCUT2D eigenvalue weighted by Gasteiger charge is -2.25. The van der Waals surface area contributed by atoms with Gasteiger partial charge in [0.2, 0.25) is 5.91 Å². The summed E-state index contributed by atoms with van der Waals surface area (Å²) in [5.41, 5.74) is 1.17. The summed E-state index contributed by atoms with van der Waals surface area (Å²) in [4.78, 5) is 12.2. The normalized spacial score (nSPS) is 20.8. The summed E-state index contributed by atoms with van der Waals surface area (Å²) in [7, 11) is 0. The number of piperidine rings is 1. The van der Waals surface area contributed by atoms with Crippen molar-refractivity contribution in [3.8, 4) is 0 Å². The molecule has 0 spiro atoms. The Bertz CT molecular complexity index is 413. The Morgan fingerprint density at radius 1 is 1.47 bits per heavy atom. The van der Waals surface area contributed by atoms with Crippen LogP contribution in [0.2, 0.25) is 0 Å². The highest BCUT2D eigenvalue weighted by Gasteiger charge is 2.23. The molecular formula is C15H21BrN2O. The van der Waals surface area contributed by atoms with Gasteiger partial charge in [0.15, 0.2) is 0 Å². The molecular weight excluding hydrogens is 304 g/mol. The van der Waals surface area contributed by atoms with Crippen LogP contribution >= 0.6 is 15.9 Å². The number of rotatable bonds is 4. The summed E-state index contributed by atoms with van der Waals surface area (Å²) >= 11 is 3.43. The topological polar surface area (TPSA) is 41.1 Å². The first-order chi connectivity index (χ1) is 9.20. The molecule has 1 aliphatic rings. The zero-order valence-electron chi connectivity index (χ0n) is 11.3. The average Bonchev–Trinajstić information content (AvgIpc) is 2.46. The molecule has 1 fully saturated rings. The third-order valence-electron chi connectivity index (χ3n) is 3.66. The van der Waals surface area contributed by atoms with Crippen LogP contribution in [0.1, 0.15) is 37.8 Å². The summed E-state index contributed by atoms with van der Waals surface area (Å²) in [5.74, 6) is 0.306. The molecule has 4 heteroatoms. The average molecular weight is 325 g/mol. The first-order valence-electron chi connectivity index (χ1n) is 6.97. The Labute approximate surface area is 123 Å². The minimum absolute atomic E-state index is 0.113. The number of halogens is 1. The van der Waals surface area contributed by atoms with Crippen LogP contribution in [0.3, 0.4) is 0 Å². The van der Waals surface area contributed by atoms with Crippen molar-refractivity contribution in [3.63, 3.8) is 0 Å². The zero-order valence-corrected chi connectivity index (χ0v) is 12.9. The van der Waals surface area contributed by atoms with Crippen LogP contribution in [0, 0.1) is 5.92 Å². The molecule has 0 bridgehead atoms.